The summed E-state index contributed by atoms with van der Waals surface area (Å²) in [6, 6.07) is 4.25. The first-order valence-electron chi connectivity index (χ1n) is 7.97. The Morgan fingerprint density at radius 2 is 2.14 bits per heavy atom. The first kappa shape index (κ1) is 16.9. The van der Waals surface area contributed by atoms with Crippen LogP contribution >= 0.6 is 11.8 Å². The van der Waals surface area contributed by atoms with E-state index in [1.54, 1.807) is 7.05 Å². The van der Waals surface area contributed by atoms with Gasteiger partial charge in [0.25, 0.3) is 0 Å². The third-order valence-corrected chi connectivity index (χ3v) is 4.38. The monoisotopic (exact) mass is 321 g/mol. The molecule has 122 valence electrons. The summed E-state index contributed by atoms with van der Waals surface area (Å²) in [5, 5.41) is 6.67. The SMILES string of the molecule is CN=C(NCCSC)NCc1ccnc(N2CCCCC2)c1. The first-order valence-corrected chi connectivity index (χ1v) is 9.36. The number of nitrogens with one attached hydrogen (secondary N) is 2. The maximum atomic E-state index is 4.52. The number of aliphatic imine (C=N–C) groups is 1. The van der Waals surface area contributed by atoms with Crippen molar-refractivity contribution in [2.45, 2.75) is 25.8 Å². The van der Waals surface area contributed by atoms with Gasteiger partial charge in [0.05, 0.1) is 0 Å². The van der Waals surface area contributed by atoms with Crippen LogP contribution in [0.1, 0.15) is 24.8 Å². The van der Waals surface area contributed by atoms with E-state index in [-0.39, 0.29) is 0 Å². The summed E-state index contributed by atoms with van der Waals surface area (Å²) in [5.41, 5.74) is 1.24. The number of anilines is 1. The molecule has 22 heavy (non-hydrogen) atoms. The Kier molecular flexibility index (Phi) is 7.36. The lowest BCUT2D eigenvalue weighted by molar-refractivity contribution is 0.573. The van der Waals surface area contributed by atoms with E-state index in [0.717, 1.165) is 43.7 Å². The molecule has 1 aliphatic rings. The van der Waals surface area contributed by atoms with Gasteiger partial charge in [0.15, 0.2) is 5.96 Å². The zero-order valence-electron chi connectivity index (χ0n) is 13.6. The first-order chi connectivity index (χ1) is 10.8. The Balaban J connectivity index is 1.86. The normalized spacial score (nSPS) is 15.7. The van der Waals surface area contributed by atoms with Gasteiger partial charge in [-0.15, -0.1) is 0 Å². The van der Waals surface area contributed by atoms with E-state index >= 15 is 0 Å². The fourth-order valence-electron chi connectivity index (χ4n) is 2.54. The van der Waals surface area contributed by atoms with Gasteiger partial charge in [-0.3, -0.25) is 4.99 Å². The number of hydrogen-bond donors (Lipinski definition) is 2. The van der Waals surface area contributed by atoms with Gasteiger partial charge in [0.2, 0.25) is 0 Å². The molecule has 1 fully saturated rings. The molecule has 2 rings (SSSR count). The molecule has 0 bridgehead atoms. The molecular formula is C16H27N5S. The van der Waals surface area contributed by atoms with Crippen LogP contribution in [-0.4, -0.2) is 49.6 Å². The minimum Gasteiger partial charge on any atom is -0.357 e. The zero-order valence-corrected chi connectivity index (χ0v) is 14.5. The fraction of sp³-hybridized carbons (Fsp3) is 0.625. The Morgan fingerprint density at radius 1 is 1.32 bits per heavy atom. The molecule has 2 N–H and O–H groups in total. The minimum absolute atomic E-state index is 0.766. The highest BCUT2D eigenvalue weighted by atomic mass is 32.2. The van der Waals surface area contributed by atoms with E-state index < -0.39 is 0 Å². The molecule has 0 amide bonds. The maximum Gasteiger partial charge on any atom is 0.191 e. The molecule has 1 aliphatic heterocycles. The Morgan fingerprint density at radius 3 is 2.86 bits per heavy atom. The number of nitrogens with zero attached hydrogens (tertiary/aromatic N) is 3. The second kappa shape index (κ2) is 9.56. The van der Waals surface area contributed by atoms with Gasteiger partial charge >= 0.3 is 0 Å². The number of thioether (sulfide) groups is 1. The van der Waals surface area contributed by atoms with Crippen LogP contribution in [0.15, 0.2) is 23.3 Å². The number of hydrogen-bond acceptors (Lipinski definition) is 4. The molecule has 0 unspecified atom stereocenters. The Labute approximate surface area is 138 Å². The van der Waals surface area contributed by atoms with Gasteiger partial charge in [0.1, 0.15) is 5.82 Å². The van der Waals surface area contributed by atoms with Gasteiger partial charge in [0, 0.05) is 45.2 Å². The quantitative estimate of drug-likeness (QED) is 0.477. The third kappa shape index (κ3) is 5.40. The van der Waals surface area contributed by atoms with E-state index in [9.17, 15) is 0 Å². The highest BCUT2D eigenvalue weighted by molar-refractivity contribution is 7.98. The Hall–Kier alpha value is -1.43. The largest absolute Gasteiger partial charge is 0.357 e. The molecule has 0 atom stereocenters. The van der Waals surface area contributed by atoms with Gasteiger partial charge in [-0.25, -0.2) is 4.98 Å². The Bertz CT molecular complexity index is 471. The van der Waals surface area contributed by atoms with Crippen LogP contribution < -0.4 is 15.5 Å². The van der Waals surface area contributed by atoms with Crippen molar-refractivity contribution in [3.63, 3.8) is 0 Å². The summed E-state index contributed by atoms with van der Waals surface area (Å²) in [5.74, 6) is 3.03. The van der Waals surface area contributed by atoms with E-state index in [0.29, 0.717) is 0 Å². The van der Waals surface area contributed by atoms with E-state index in [4.69, 9.17) is 0 Å². The van der Waals surface area contributed by atoms with Crippen molar-refractivity contribution >= 4 is 23.5 Å². The summed E-state index contributed by atoms with van der Waals surface area (Å²) in [4.78, 5) is 11.2. The molecule has 0 radical (unpaired) electrons. The van der Waals surface area contributed by atoms with E-state index in [2.05, 4.69) is 43.9 Å². The number of piperidine rings is 1. The second-order valence-corrected chi connectivity index (χ2v) is 6.40. The van der Waals surface area contributed by atoms with Crippen LogP contribution in [0.25, 0.3) is 0 Å². The smallest absolute Gasteiger partial charge is 0.191 e. The summed E-state index contributed by atoms with van der Waals surface area (Å²) in [6.45, 7) is 3.95. The minimum atomic E-state index is 0.766. The van der Waals surface area contributed by atoms with Crippen LogP contribution in [0.5, 0.6) is 0 Å². The molecule has 1 saturated heterocycles. The van der Waals surface area contributed by atoms with Crippen LogP contribution in [-0.2, 0) is 6.54 Å². The van der Waals surface area contributed by atoms with Gasteiger partial charge < -0.3 is 15.5 Å². The molecule has 1 aromatic heterocycles. The highest BCUT2D eigenvalue weighted by Crippen LogP contribution is 2.18. The molecule has 0 aliphatic carbocycles. The topological polar surface area (TPSA) is 52.6 Å². The zero-order chi connectivity index (χ0) is 15.6. The summed E-state index contributed by atoms with van der Waals surface area (Å²) < 4.78 is 0. The standard InChI is InChI=1S/C16H27N5S/c1-17-16(19-8-11-22-2)20-13-14-6-7-18-15(12-14)21-9-4-3-5-10-21/h6-7,12H,3-5,8-11,13H2,1-2H3,(H2,17,19,20). The van der Waals surface area contributed by atoms with Crippen molar-refractivity contribution in [1.29, 1.82) is 0 Å². The van der Waals surface area contributed by atoms with Crippen molar-refractivity contribution in [3.8, 4) is 0 Å². The predicted octanol–water partition coefficient (Wildman–Crippen LogP) is 2.10. The number of aromatic nitrogens is 1. The van der Waals surface area contributed by atoms with Crippen molar-refractivity contribution < 1.29 is 0 Å². The molecule has 0 saturated carbocycles. The summed E-state index contributed by atoms with van der Waals surface area (Å²) >= 11 is 1.83. The van der Waals surface area contributed by atoms with Crippen LogP contribution in [0.2, 0.25) is 0 Å². The second-order valence-electron chi connectivity index (χ2n) is 5.42. The molecule has 2 heterocycles. The van der Waals surface area contributed by atoms with Crippen LogP contribution in [0.3, 0.4) is 0 Å². The van der Waals surface area contributed by atoms with Gasteiger partial charge in [-0.1, -0.05) is 0 Å². The summed E-state index contributed by atoms with van der Waals surface area (Å²) in [7, 11) is 1.81. The average molecular weight is 321 g/mol. The molecule has 1 aromatic rings. The van der Waals surface area contributed by atoms with Crippen LogP contribution in [0, 0.1) is 0 Å². The fourth-order valence-corrected chi connectivity index (χ4v) is 2.85. The third-order valence-electron chi connectivity index (χ3n) is 3.77. The lowest BCUT2D eigenvalue weighted by atomic mass is 10.1. The summed E-state index contributed by atoms with van der Waals surface area (Å²) in [6.07, 6.45) is 7.91. The lowest BCUT2D eigenvalue weighted by Gasteiger charge is -2.28. The molecule has 0 spiro atoms. The number of rotatable bonds is 6. The highest BCUT2D eigenvalue weighted by Gasteiger charge is 2.12. The van der Waals surface area contributed by atoms with Gasteiger partial charge in [-0.05, 0) is 43.2 Å². The average Bonchev–Trinajstić information content (AvgIpc) is 2.59. The van der Waals surface area contributed by atoms with Crippen molar-refractivity contribution in [2.75, 3.05) is 43.6 Å². The molecular weight excluding hydrogens is 294 g/mol. The predicted molar refractivity (Wildman–Crippen MR) is 96.9 cm³/mol. The van der Waals surface area contributed by atoms with Crippen molar-refractivity contribution in [3.05, 3.63) is 23.9 Å². The van der Waals surface area contributed by atoms with E-state index in [1.165, 1.54) is 24.8 Å². The lowest BCUT2D eigenvalue weighted by Crippen LogP contribution is -2.38. The number of guanidine groups is 1. The van der Waals surface area contributed by atoms with Crippen LogP contribution in [0.4, 0.5) is 5.82 Å². The molecule has 5 nitrogen and oxygen atoms in total. The number of pyridine rings is 1. The molecule has 6 heteroatoms. The van der Waals surface area contributed by atoms with Crippen molar-refractivity contribution in [2.24, 2.45) is 4.99 Å². The van der Waals surface area contributed by atoms with Crippen molar-refractivity contribution in [1.82, 2.24) is 15.6 Å². The van der Waals surface area contributed by atoms with E-state index in [1.807, 2.05) is 18.0 Å². The van der Waals surface area contributed by atoms with Gasteiger partial charge in [-0.2, -0.15) is 11.8 Å². The maximum absolute atomic E-state index is 4.52. The molecule has 0 aromatic carbocycles.